The molecular weight excluding hydrogens is 594 g/mol. The Morgan fingerprint density at radius 1 is 0.795 bits per heavy atom. The lowest BCUT2D eigenvalue weighted by Crippen LogP contribution is -2.56. The molecule has 0 aliphatic rings. The Morgan fingerprint density at radius 2 is 1.36 bits per heavy atom. The van der Waals surface area contributed by atoms with Crippen LogP contribution in [0.2, 0.25) is 5.02 Å². The second kappa shape index (κ2) is 14.1. The van der Waals surface area contributed by atoms with Crippen LogP contribution in [-0.4, -0.2) is 43.3 Å². The molecule has 4 aromatic carbocycles. The van der Waals surface area contributed by atoms with E-state index in [2.05, 4.69) is 5.32 Å². The van der Waals surface area contributed by atoms with Gasteiger partial charge in [0.1, 0.15) is 12.6 Å². The predicted octanol–water partition coefficient (Wildman–Crippen LogP) is 6.40. The van der Waals surface area contributed by atoms with Crippen LogP contribution in [0.4, 0.5) is 5.69 Å². The standard InChI is InChI=1S/C35H38ClN3O4S/c1-26-15-17-28(18-16-26)24-38(32(34(41)37-35(2,3)4)23-27-11-7-5-8-12-27)33(40)25-39(30-21-19-29(36)20-22-30)44(42,43)31-13-9-6-10-14-31/h5-22,32H,23-25H2,1-4H3,(H,37,41)/t32-/m0/s1. The van der Waals surface area contributed by atoms with E-state index in [0.29, 0.717) is 5.02 Å². The van der Waals surface area contributed by atoms with E-state index >= 15 is 0 Å². The van der Waals surface area contributed by atoms with Gasteiger partial charge in [0.25, 0.3) is 10.0 Å². The molecule has 230 valence electrons. The van der Waals surface area contributed by atoms with Crippen LogP contribution in [0.15, 0.2) is 114 Å². The van der Waals surface area contributed by atoms with Crippen molar-refractivity contribution in [2.75, 3.05) is 10.8 Å². The van der Waals surface area contributed by atoms with E-state index in [-0.39, 0.29) is 29.5 Å². The molecule has 0 heterocycles. The van der Waals surface area contributed by atoms with Crippen LogP contribution in [0.5, 0.6) is 0 Å². The second-order valence-corrected chi connectivity index (χ2v) is 14.1. The van der Waals surface area contributed by atoms with Crippen molar-refractivity contribution in [1.29, 1.82) is 0 Å². The Hall–Kier alpha value is -4.14. The van der Waals surface area contributed by atoms with Crippen LogP contribution in [-0.2, 0) is 32.6 Å². The lowest BCUT2D eigenvalue weighted by Gasteiger charge is -2.35. The first-order chi connectivity index (χ1) is 20.8. The lowest BCUT2D eigenvalue weighted by atomic mass is 10.0. The first-order valence-electron chi connectivity index (χ1n) is 14.4. The molecule has 0 aromatic heterocycles. The summed E-state index contributed by atoms with van der Waals surface area (Å²) in [6.07, 6.45) is 0.243. The molecule has 7 nitrogen and oxygen atoms in total. The lowest BCUT2D eigenvalue weighted by molar-refractivity contribution is -0.140. The van der Waals surface area contributed by atoms with Crippen molar-refractivity contribution in [3.63, 3.8) is 0 Å². The van der Waals surface area contributed by atoms with E-state index < -0.39 is 34.1 Å². The van der Waals surface area contributed by atoms with Crippen LogP contribution in [0, 0.1) is 6.92 Å². The fraction of sp³-hybridized carbons (Fsp3) is 0.257. The van der Waals surface area contributed by atoms with Gasteiger partial charge in [-0.25, -0.2) is 8.42 Å². The number of carbonyl (C=O) groups is 2. The molecule has 1 N–H and O–H groups in total. The number of nitrogens with zero attached hydrogens (tertiary/aromatic N) is 2. The Labute approximate surface area is 265 Å². The average molecular weight is 632 g/mol. The molecule has 0 saturated heterocycles. The van der Waals surface area contributed by atoms with E-state index in [0.717, 1.165) is 21.0 Å². The van der Waals surface area contributed by atoms with Crippen molar-refractivity contribution in [2.45, 2.75) is 57.1 Å². The molecule has 0 unspecified atom stereocenters. The van der Waals surface area contributed by atoms with Gasteiger partial charge in [0.05, 0.1) is 10.6 Å². The quantitative estimate of drug-likeness (QED) is 0.208. The highest BCUT2D eigenvalue weighted by Gasteiger charge is 2.35. The third-order valence-corrected chi connectivity index (χ3v) is 9.01. The van der Waals surface area contributed by atoms with E-state index in [1.165, 1.54) is 17.0 Å². The molecule has 1 atom stereocenters. The number of hydrogen-bond acceptors (Lipinski definition) is 4. The minimum absolute atomic E-state index is 0.0409. The number of anilines is 1. The molecule has 2 amide bonds. The van der Waals surface area contributed by atoms with Gasteiger partial charge in [0, 0.05) is 23.5 Å². The van der Waals surface area contributed by atoms with Gasteiger partial charge in [-0.2, -0.15) is 0 Å². The minimum Gasteiger partial charge on any atom is -0.350 e. The van der Waals surface area contributed by atoms with Crippen molar-refractivity contribution >= 4 is 39.1 Å². The van der Waals surface area contributed by atoms with Crippen molar-refractivity contribution in [1.82, 2.24) is 10.2 Å². The molecule has 0 saturated carbocycles. The maximum atomic E-state index is 14.5. The van der Waals surface area contributed by atoms with E-state index in [9.17, 15) is 18.0 Å². The minimum atomic E-state index is -4.17. The van der Waals surface area contributed by atoms with E-state index in [1.807, 2.05) is 82.3 Å². The average Bonchev–Trinajstić information content (AvgIpc) is 2.99. The van der Waals surface area contributed by atoms with Crippen LogP contribution in [0.1, 0.15) is 37.5 Å². The third kappa shape index (κ3) is 8.71. The number of benzene rings is 4. The van der Waals surface area contributed by atoms with Crippen molar-refractivity contribution in [3.05, 3.63) is 131 Å². The van der Waals surface area contributed by atoms with Crippen molar-refractivity contribution < 1.29 is 18.0 Å². The van der Waals surface area contributed by atoms with Gasteiger partial charge in [-0.1, -0.05) is 90.0 Å². The molecule has 4 aromatic rings. The molecule has 44 heavy (non-hydrogen) atoms. The highest BCUT2D eigenvalue weighted by Crippen LogP contribution is 2.26. The zero-order chi connectivity index (χ0) is 31.9. The normalized spacial score (nSPS) is 12.3. The molecule has 0 spiro atoms. The van der Waals surface area contributed by atoms with Crippen LogP contribution in [0.25, 0.3) is 0 Å². The predicted molar refractivity (Wildman–Crippen MR) is 176 cm³/mol. The van der Waals surface area contributed by atoms with E-state index in [4.69, 9.17) is 11.6 Å². The highest BCUT2D eigenvalue weighted by atomic mass is 35.5. The summed E-state index contributed by atoms with van der Waals surface area (Å²) in [5.74, 6) is -0.851. The van der Waals surface area contributed by atoms with Gasteiger partial charge in [0.15, 0.2) is 0 Å². The van der Waals surface area contributed by atoms with Gasteiger partial charge in [0.2, 0.25) is 11.8 Å². The molecule has 0 fully saturated rings. The smallest absolute Gasteiger partial charge is 0.264 e. The molecular formula is C35H38ClN3O4S. The number of nitrogens with one attached hydrogen (secondary N) is 1. The topological polar surface area (TPSA) is 86.8 Å². The number of aryl methyl sites for hydroxylation is 1. The molecule has 0 radical (unpaired) electrons. The summed E-state index contributed by atoms with van der Waals surface area (Å²) >= 11 is 6.12. The van der Waals surface area contributed by atoms with Gasteiger partial charge in [-0.3, -0.25) is 13.9 Å². The maximum absolute atomic E-state index is 14.5. The number of halogens is 1. The number of sulfonamides is 1. The Balaban J connectivity index is 1.80. The molecule has 9 heteroatoms. The van der Waals surface area contributed by atoms with Crippen molar-refractivity contribution in [2.24, 2.45) is 0 Å². The molecule has 0 aliphatic heterocycles. The summed E-state index contributed by atoms with van der Waals surface area (Å²) in [4.78, 5) is 29.9. The van der Waals surface area contributed by atoms with Gasteiger partial charge in [-0.15, -0.1) is 0 Å². The number of hydrogen-bond donors (Lipinski definition) is 1. The van der Waals surface area contributed by atoms with E-state index in [1.54, 1.807) is 42.5 Å². The van der Waals surface area contributed by atoms with Gasteiger partial charge < -0.3 is 10.2 Å². The first-order valence-corrected chi connectivity index (χ1v) is 16.2. The number of carbonyl (C=O) groups excluding carboxylic acids is 2. The molecule has 4 rings (SSSR count). The number of rotatable bonds is 11. The Kier molecular flexibility index (Phi) is 10.5. The fourth-order valence-corrected chi connectivity index (χ4v) is 6.31. The van der Waals surface area contributed by atoms with Crippen LogP contribution >= 0.6 is 11.6 Å². The summed E-state index contributed by atoms with van der Waals surface area (Å²) in [6, 6.07) is 30.5. The second-order valence-electron chi connectivity index (χ2n) is 11.8. The van der Waals surface area contributed by atoms with Crippen LogP contribution in [0.3, 0.4) is 0 Å². The van der Waals surface area contributed by atoms with Gasteiger partial charge in [-0.05, 0) is 75.2 Å². The summed E-state index contributed by atoms with van der Waals surface area (Å²) in [5, 5.41) is 3.47. The summed E-state index contributed by atoms with van der Waals surface area (Å²) < 4.78 is 29.1. The zero-order valence-corrected chi connectivity index (χ0v) is 27.0. The monoisotopic (exact) mass is 631 g/mol. The molecule has 0 bridgehead atoms. The summed E-state index contributed by atoms with van der Waals surface area (Å²) in [5.41, 5.74) is 2.46. The van der Waals surface area contributed by atoms with Gasteiger partial charge >= 0.3 is 0 Å². The van der Waals surface area contributed by atoms with Crippen LogP contribution < -0.4 is 9.62 Å². The molecule has 0 aliphatic carbocycles. The highest BCUT2D eigenvalue weighted by molar-refractivity contribution is 7.92. The third-order valence-electron chi connectivity index (χ3n) is 6.97. The SMILES string of the molecule is Cc1ccc(CN(C(=O)CN(c2ccc(Cl)cc2)S(=O)(=O)c2ccccc2)[C@@H](Cc2ccccc2)C(=O)NC(C)(C)C)cc1. The fourth-order valence-electron chi connectivity index (χ4n) is 4.75. The zero-order valence-electron chi connectivity index (χ0n) is 25.4. The van der Waals surface area contributed by atoms with Crippen molar-refractivity contribution in [3.8, 4) is 0 Å². The Bertz CT molecular complexity index is 1660. The maximum Gasteiger partial charge on any atom is 0.264 e. The Morgan fingerprint density at radius 3 is 1.93 bits per heavy atom. The number of amides is 2. The largest absolute Gasteiger partial charge is 0.350 e. The summed E-state index contributed by atoms with van der Waals surface area (Å²) in [6.45, 7) is 7.19. The first kappa shape index (κ1) is 32.8. The summed E-state index contributed by atoms with van der Waals surface area (Å²) in [7, 11) is -4.17.